The first kappa shape index (κ1) is 20.6. The van der Waals surface area contributed by atoms with Crippen LogP contribution in [0.1, 0.15) is 17.3 Å². The number of esters is 1. The van der Waals surface area contributed by atoms with Gasteiger partial charge in [-0.3, -0.25) is 9.35 Å². The zero-order chi connectivity index (χ0) is 17.8. The zero-order valence-corrected chi connectivity index (χ0v) is 17.3. The Kier molecular flexibility index (Phi) is 7.65. The van der Waals surface area contributed by atoms with Crippen LogP contribution in [0.4, 0.5) is 0 Å². The third-order valence-electron chi connectivity index (χ3n) is 2.52. The number of hydrogen-bond donors (Lipinski definition) is 2. The predicted molar refractivity (Wildman–Crippen MR) is 93.8 cm³/mol. The van der Waals surface area contributed by atoms with Gasteiger partial charge in [0.1, 0.15) is 18.4 Å². The highest BCUT2D eigenvalue weighted by molar-refractivity contribution is 9.13. The summed E-state index contributed by atoms with van der Waals surface area (Å²) in [4.78, 5) is 23.9. The molecule has 0 aromatic heterocycles. The lowest BCUT2D eigenvalue weighted by molar-refractivity contribution is -0.144. The minimum absolute atomic E-state index is 0.295. The van der Waals surface area contributed by atoms with E-state index in [-0.39, 0.29) is 0 Å². The second-order valence-electron chi connectivity index (χ2n) is 4.40. The van der Waals surface area contributed by atoms with Crippen LogP contribution in [0.3, 0.4) is 0 Å². The molecule has 1 unspecified atom stereocenters. The fourth-order valence-corrected chi connectivity index (χ4v) is 3.36. The Morgan fingerprint density at radius 1 is 1.30 bits per heavy atom. The summed E-state index contributed by atoms with van der Waals surface area (Å²) in [5.74, 6) is -2.03. The molecule has 0 fully saturated rings. The summed E-state index contributed by atoms with van der Waals surface area (Å²) >= 11 is 9.81. The minimum Gasteiger partial charge on any atom is -0.463 e. The van der Waals surface area contributed by atoms with Gasteiger partial charge in [-0.2, -0.15) is 8.42 Å². The van der Waals surface area contributed by atoms with E-state index in [1.165, 1.54) is 6.92 Å². The Bertz CT molecular complexity index is 722. The Labute approximate surface area is 158 Å². The fourth-order valence-electron chi connectivity index (χ4n) is 1.43. The average molecular weight is 538 g/mol. The van der Waals surface area contributed by atoms with Crippen LogP contribution in [-0.2, 0) is 19.6 Å². The highest BCUT2D eigenvalue weighted by Gasteiger charge is 2.21. The number of ether oxygens (including phenoxy) is 1. The van der Waals surface area contributed by atoms with Crippen molar-refractivity contribution in [1.82, 2.24) is 5.32 Å². The van der Waals surface area contributed by atoms with Crippen molar-refractivity contribution in [2.75, 3.05) is 12.4 Å². The summed E-state index contributed by atoms with van der Waals surface area (Å²) in [6, 6.07) is 2.32. The van der Waals surface area contributed by atoms with Gasteiger partial charge >= 0.3 is 5.97 Å². The fraction of sp³-hybridized carbons (Fsp3) is 0.333. The summed E-state index contributed by atoms with van der Waals surface area (Å²) in [6.07, 6.45) is 0. The topological polar surface area (TPSA) is 110 Å². The van der Waals surface area contributed by atoms with Gasteiger partial charge < -0.3 is 10.1 Å². The van der Waals surface area contributed by atoms with Crippen LogP contribution in [0, 0.1) is 0 Å². The van der Waals surface area contributed by atoms with Gasteiger partial charge in [0.2, 0.25) is 0 Å². The van der Waals surface area contributed by atoms with Crippen molar-refractivity contribution in [3.63, 3.8) is 0 Å². The van der Waals surface area contributed by atoms with Crippen LogP contribution in [0.5, 0.6) is 0 Å². The van der Waals surface area contributed by atoms with Crippen molar-refractivity contribution in [3.05, 3.63) is 31.1 Å². The molecule has 0 saturated heterocycles. The Hall–Kier alpha value is -0.490. The maximum atomic E-state index is 12.2. The highest BCUT2D eigenvalue weighted by atomic mass is 79.9. The van der Waals surface area contributed by atoms with Crippen molar-refractivity contribution >= 4 is 69.8 Å². The van der Waals surface area contributed by atoms with Gasteiger partial charge in [-0.15, -0.1) is 0 Å². The Morgan fingerprint density at radius 3 is 2.48 bits per heavy atom. The van der Waals surface area contributed by atoms with E-state index in [0.717, 1.165) is 0 Å². The summed E-state index contributed by atoms with van der Waals surface area (Å²) in [7, 11) is -4.21. The molecule has 23 heavy (non-hydrogen) atoms. The molecule has 1 atom stereocenters. The van der Waals surface area contributed by atoms with Gasteiger partial charge in [0.15, 0.2) is 0 Å². The molecule has 1 rings (SSSR count). The molecular weight excluding hydrogens is 526 g/mol. The predicted octanol–water partition coefficient (Wildman–Crippen LogP) is 2.52. The molecule has 0 saturated carbocycles. The van der Waals surface area contributed by atoms with Crippen LogP contribution >= 0.6 is 47.8 Å². The second-order valence-corrected chi connectivity index (χ2v) is 8.53. The highest BCUT2D eigenvalue weighted by Crippen LogP contribution is 2.30. The molecule has 0 bridgehead atoms. The lowest BCUT2D eigenvalue weighted by Gasteiger charge is -2.14. The largest absolute Gasteiger partial charge is 0.463 e. The minimum atomic E-state index is -4.21. The number of nitrogens with one attached hydrogen (secondary N) is 1. The number of amides is 1. The van der Waals surface area contributed by atoms with E-state index in [1.807, 2.05) is 0 Å². The number of carbonyl (C=O) groups is 2. The smallest absolute Gasteiger partial charge is 0.328 e. The van der Waals surface area contributed by atoms with E-state index in [2.05, 4.69) is 57.8 Å². The summed E-state index contributed by atoms with van der Waals surface area (Å²) < 4.78 is 36.1. The van der Waals surface area contributed by atoms with E-state index < -0.39 is 40.4 Å². The molecule has 1 aromatic rings. The molecule has 0 aliphatic heterocycles. The lowest BCUT2D eigenvalue weighted by atomic mass is 10.2. The van der Waals surface area contributed by atoms with E-state index in [1.54, 1.807) is 12.1 Å². The van der Waals surface area contributed by atoms with Gasteiger partial charge in [0.05, 0.1) is 5.56 Å². The molecule has 0 aliphatic rings. The standard InChI is InChI=1S/C12H12Br3NO6S/c1-6(12(18)22-2-3-23(19,20)21)16-11(17)8-4-7(13)5-9(14)10(8)15/h4-6H,2-3H2,1H3,(H,16,17)(H,19,20,21). The molecule has 128 valence electrons. The first-order chi connectivity index (χ1) is 10.5. The maximum absolute atomic E-state index is 12.2. The van der Waals surface area contributed by atoms with Crippen molar-refractivity contribution in [2.45, 2.75) is 13.0 Å². The first-order valence-electron chi connectivity index (χ1n) is 6.08. The summed E-state index contributed by atoms with van der Waals surface area (Å²) in [5.41, 5.74) is 0.295. The number of carbonyl (C=O) groups excluding carboxylic acids is 2. The van der Waals surface area contributed by atoms with Crippen molar-refractivity contribution in [3.8, 4) is 0 Å². The monoisotopic (exact) mass is 535 g/mol. The van der Waals surface area contributed by atoms with Crippen LogP contribution in [0.2, 0.25) is 0 Å². The number of rotatable bonds is 6. The van der Waals surface area contributed by atoms with Gasteiger partial charge in [-0.25, -0.2) is 4.79 Å². The van der Waals surface area contributed by atoms with Gasteiger partial charge in [0, 0.05) is 13.4 Å². The average Bonchev–Trinajstić information content (AvgIpc) is 2.40. The SMILES string of the molecule is CC(NC(=O)c1cc(Br)cc(Br)c1Br)C(=O)OCCS(=O)(=O)O. The van der Waals surface area contributed by atoms with E-state index in [0.29, 0.717) is 19.0 Å². The summed E-state index contributed by atoms with van der Waals surface area (Å²) in [5, 5.41) is 2.44. The molecular formula is C12H12Br3NO6S. The molecule has 0 heterocycles. The molecule has 0 spiro atoms. The molecule has 1 amide bonds. The van der Waals surface area contributed by atoms with Crippen LogP contribution in [-0.4, -0.2) is 43.2 Å². The number of halogens is 3. The quantitative estimate of drug-likeness (QED) is 0.328. The lowest BCUT2D eigenvalue weighted by Crippen LogP contribution is -2.40. The van der Waals surface area contributed by atoms with Crippen LogP contribution in [0.25, 0.3) is 0 Å². The van der Waals surface area contributed by atoms with Crippen molar-refractivity contribution in [1.29, 1.82) is 0 Å². The second kappa shape index (κ2) is 8.56. The molecule has 2 N–H and O–H groups in total. The Balaban J connectivity index is 2.68. The molecule has 11 heteroatoms. The zero-order valence-electron chi connectivity index (χ0n) is 11.7. The molecule has 1 aromatic carbocycles. The number of hydrogen-bond acceptors (Lipinski definition) is 5. The van der Waals surface area contributed by atoms with E-state index in [9.17, 15) is 18.0 Å². The van der Waals surface area contributed by atoms with Gasteiger partial charge in [-0.1, -0.05) is 15.9 Å². The Morgan fingerprint density at radius 2 is 1.91 bits per heavy atom. The molecule has 0 aliphatic carbocycles. The first-order valence-corrected chi connectivity index (χ1v) is 10.1. The van der Waals surface area contributed by atoms with Gasteiger partial charge in [-0.05, 0) is 50.9 Å². The molecule has 0 radical (unpaired) electrons. The normalized spacial score (nSPS) is 12.6. The van der Waals surface area contributed by atoms with Gasteiger partial charge in [0.25, 0.3) is 16.0 Å². The summed E-state index contributed by atoms with van der Waals surface area (Å²) in [6.45, 7) is 0.901. The number of benzene rings is 1. The maximum Gasteiger partial charge on any atom is 0.328 e. The van der Waals surface area contributed by atoms with Crippen molar-refractivity contribution < 1.29 is 27.3 Å². The van der Waals surface area contributed by atoms with E-state index >= 15 is 0 Å². The van der Waals surface area contributed by atoms with Crippen LogP contribution < -0.4 is 5.32 Å². The van der Waals surface area contributed by atoms with E-state index in [4.69, 9.17) is 4.55 Å². The van der Waals surface area contributed by atoms with Crippen LogP contribution in [0.15, 0.2) is 25.6 Å². The third kappa shape index (κ3) is 6.87. The molecule has 7 nitrogen and oxygen atoms in total. The van der Waals surface area contributed by atoms with Crippen molar-refractivity contribution in [2.24, 2.45) is 0 Å². The third-order valence-corrected chi connectivity index (χ3v) is 5.68.